The first-order valence-electron chi connectivity index (χ1n) is 7.11. The SMILES string of the molecule is O=C1CC(NCc2cccc(Oc3ccccc3)c2)CN1. The zero-order valence-corrected chi connectivity index (χ0v) is 11.7. The standard InChI is InChI=1S/C17H18N2O2/c20-17-10-14(12-19-17)18-11-13-5-4-8-16(9-13)21-15-6-2-1-3-7-15/h1-9,14,18H,10-12H2,(H,19,20). The predicted octanol–water partition coefficient (Wildman–Crippen LogP) is 2.46. The van der Waals surface area contributed by atoms with E-state index in [0.717, 1.165) is 23.6 Å². The van der Waals surface area contributed by atoms with Crippen molar-refractivity contribution in [2.45, 2.75) is 19.0 Å². The van der Waals surface area contributed by atoms with Crippen LogP contribution in [-0.4, -0.2) is 18.5 Å². The Balaban J connectivity index is 1.59. The molecule has 2 aromatic rings. The highest BCUT2D eigenvalue weighted by atomic mass is 16.5. The van der Waals surface area contributed by atoms with Crippen molar-refractivity contribution in [1.82, 2.24) is 10.6 Å². The van der Waals surface area contributed by atoms with Crippen LogP contribution in [-0.2, 0) is 11.3 Å². The van der Waals surface area contributed by atoms with Crippen molar-refractivity contribution in [1.29, 1.82) is 0 Å². The smallest absolute Gasteiger partial charge is 0.221 e. The lowest BCUT2D eigenvalue weighted by Crippen LogP contribution is -2.30. The molecule has 0 saturated carbocycles. The summed E-state index contributed by atoms with van der Waals surface area (Å²) < 4.78 is 5.81. The largest absolute Gasteiger partial charge is 0.457 e. The number of carbonyl (C=O) groups excluding carboxylic acids is 1. The van der Waals surface area contributed by atoms with Crippen molar-refractivity contribution in [2.75, 3.05) is 6.54 Å². The zero-order valence-electron chi connectivity index (χ0n) is 11.7. The molecule has 21 heavy (non-hydrogen) atoms. The van der Waals surface area contributed by atoms with Gasteiger partial charge in [0.2, 0.25) is 5.91 Å². The predicted molar refractivity (Wildman–Crippen MR) is 81.2 cm³/mol. The Morgan fingerprint density at radius 2 is 1.90 bits per heavy atom. The molecule has 0 bridgehead atoms. The Labute approximate surface area is 124 Å². The van der Waals surface area contributed by atoms with Gasteiger partial charge in [0.15, 0.2) is 0 Å². The highest BCUT2D eigenvalue weighted by Crippen LogP contribution is 2.21. The van der Waals surface area contributed by atoms with Crippen LogP contribution in [0, 0.1) is 0 Å². The quantitative estimate of drug-likeness (QED) is 0.885. The van der Waals surface area contributed by atoms with Gasteiger partial charge in [-0.25, -0.2) is 0 Å². The first-order valence-corrected chi connectivity index (χ1v) is 7.11. The summed E-state index contributed by atoms with van der Waals surface area (Å²) >= 11 is 0. The molecule has 4 heteroatoms. The van der Waals surface area contributed by atoms with Crippen molar-refractivity contribution >= 4 is 5.91 Å². The molecule has 1 aliphatic heterocycles. The number of carbonyl (C=O) groups is 1. The molecule has 1 unspecified atom stereocenters. The Morgan fingerprint density at radius 3 is 2.67 bits per heavy atom. The third-order valence-corrected chi connectivity index (χ3v) is 3.45. The Hall–Kier alpha value is -2.33. The molecule has 1 heterocycles. The van der Waals surface area contributed by atoms with Crippen LogP contribution in [0.4, 0.5) is 0 Å². The lowest BCUT2D eigenvalue weighted by Gasteiger charge is -2.11. The van der Waals surface area contributed by atoms with Crippen LogP contribution >= 0.6 is 0 Å². The first-order chi connectivity index (χ1) is 10.3. The van der Waals surface area contributed by atoms with Gasteiger partial charge >= 0.3 is 0 Å². The highest BCUT2D eigenvalue weighted by Gasteiger charge is 2.20. The van der Waals surface area contributed by atoms with Crippen LogP contribution in [0.5, 0.6) is 11.5 Å². The van der Waals surface area contributed by atoms with Crippen molar-refractivity contribution < 1.29 is 9.53 Å². The number of ether oxygens (including phenoxy) is 1. The molecule has 1 aliphatic rings. The van der Waals surface area contributed by atoms with E-state index in [0.29, 0.717) is 13.0 Å². The van der Waals surface area contributed by atoms with Gasteiger partial charge < -0.3 is 15.4 Å². The summed E-state index contributed by atoms with van der Waals surface area (Å²) in [5.74, 6) is 1.77. The van der Waals surface area contributed by atoms with Gasteiger partial charge in [0, 0.05) is 25.6 Å². The van der Waals surface area contributed by atoms with Gasteiger partial charge in [-0.3, -0.25) is 4.79 Å². The molecule has 1 atom stereocenters. The summed E-state index contributed by atoms with van der Waals surface area (Å²) in [6.45, 7) is 1.44. The number of nitrogens with one attached hydrogen (secondary N) is 2. The van der Waals surface area contributed by atoms with E-state index in [1.165, 1.54) is 0 Å². The third-order valence-electron chi connectivity index (χ3n) is 3.45. The van der Waals surface area contributed by atoms with Crippen LogP contribution in [0.1, 0.15) is 12.0 Å². The van der Waals surface area contributed by atoms with E-state index in [-0.39, 0.29) is 11.9 Å². The minimum atomic E-state index is 0.119. The van der Waals surface area contributed by atoms with Crippen molar-refractivity contribution in [3.63, 3.8) is 0 Å². The van der Waals surface area contributed by atoms with E-state index < -0.39 is 0 Å². The Kier molecular flexibility index (Phi) is 4.17. The van der Waals surface area contributed by atoms with E-state index >= 15 is 0 Å². The number of hydrogen-bond acceptors (Lipinski definition) is 3. The van der Waals surface area contributed by atoms with Gasteiger partial charge in [-0.2, -0.15) is 0 Å². The van der Waals surface area contributed by atoms with Crippen LogP contribution in [0.3, 0.4) is 0 Å². The molecule has 0 spiro atoms. The van der Waals surface area contributed by atoms with Crippen molar-refractivity contribution in [3.8, 4) is 11.5 Å². The maximum Gasteiger partial charge on any atom is 0.221 e. The Morgan fingerprint density at radius 1 is 1.10 bits per heavy atom. The van der Waals surface area contributed by atoms with Gasteiger partial charge in [-0.1, -0.05) is 30.3 Å². The number of amides is 1. The molecule has 0 aliphatic carbocycles. The summed E-state index contributed by atoms with van der Waals surface area (Å²) in [6.07, 6.45) is 0.556. The fourth-order valence-electron chi connectivity index (χ4n) is 2.36. The summed E-state index contributed by atoms with van der Waals surface area (Å²) in [6, 6.07) is 17.9. The number of para-hydroxylation sites is 1. The molecule has 1 amide bonds. The second-order valence-corrected chi connectivity index (χ2v) is 5.15. The van der Waals surface area contributed by atoms with E-state index in [4.69, 9.17) is 4.74 Å². The topological polar surface area (TPSA) is 50.4 Å². The maximum atomic E-state index is 11.2. The molecule has 0 aromatic heterocycles. The zero-order chi connectivity index (χ0) is 14.5. The van der Waals surface area contributed by atoms with Gasteiger partial charge in [-0.15, -0.1) is 0 Å². The number of rotatable bonds is 5. The average molecular weight is 282 g/mol. The number of hydrogen-bond donors (Lipinski definition) is 2. The summed E-state index contributed by atoms with van der Waals surface area (Å²) in [7, 11) is 0. The summed E-state index contributed by atoms with van der Waals surface area (Å²) in [5, 5.41) is 6.20. The van der Waals surface area contributed by atoms with Crippen LogP contribution in [0.15, 0.2) is 54.6 Å². The van der Waals surface area contributed by atoms with E-state index in [2.05, 4.69) is 16.7 Å². The molecule has 1 saturated heterocycles. The average Bonchev–Trinajstić information content (AvgIpc) is 2.92. The van der Waals surface area contributed by atoms with Crippen LogP contribution in [0.25, 0.3) is 0 Å². The second kappa shape index (κ2) is 6.41. The van der Waals surface area contributed by atoms with Crippen molar-refractivity contribution in [2.24, 2.45) is 0 Å². The first kappa shape index (κ1) is 13.6. The van der Waals surface area contributed by atoms with Crippen molar-refractivity contribution in [3.05, 3.63) is 60.2 Å². The fourth-order valence-corrected chi connectivity index (χ4v) is 2.36. The van der Waals surface area contributed by atoms with Gasteiger partial charge in [0.05, 0.1) is 0 Å². The van der Waals surface area contributed by atoms with Crippen LogP contribution < -0.4 is 15.4 Å². The fraction of sp³-hybridized carbons (Fsp3) is 0.235. The molecular formula is C17H18N2O2. The molecular weight excluding hydrogens is 264 g/mol. The molecule has 2 N–H and O–H groups in total. The molecule has 0 radical (unpaired) electrons. The van der Waals surface area contributed by atoms with E-state index in [1.807, 2.05) is 48.5 Å². The lowest BCUT2D eigenvalue weighted by atomic mass is 10.2. The monoisotopic (exact) mass is 282 g/mol. The molecule has 1 fully saturated rings. The van der Waals surface area contributed by atoms with Crippen LogP contribution in [0.2, 0.25) is 0 Å². The molecule has 108 valence electrons. The summed E-state index contributed by atoms with van der Waals surface area (Å²) in [5.41, 5.74) is 1.14. The Bertz CT molecular complexity index is 613. The lowest BCUT2D eigenvalue weighted by molar-refractivity contribution is -0.119. The molecule has 4 nitrogen and oxygen atoms in total. The maximum absolute atomic E-state index is 11.2. The molecule has 2 aromatic carbocycles. The van der Waals surface area contributed by atoms with E-state index in [9.17, 15) is 4.79 Å². The van der Waals surface area contributed by atoms with E-state index in [1.54, 1.807) is 0 Å². The van der Waals surface area contributed by atoms with Gasteiger partial charge in [0.25, 0.3) is 0 Å². The van der Waals surface area contributed by atoms with Gasteiger partial charge in [0.1, 0.15) is 11.5 Å². The highest BCUT2D eigenvalue weighted by molar-refractivity contribution is 5.78. The minimum Gasteiger partial charge on any atom is -0.457 e. The summed E-state index contributed by atoms with van der Waals surface area (Å²) in [4.78, 5) is 11.2. The second-order valence-electron chi connectivity index (χ2n) is 5.15. The third kappa shape index (κ3) is 3.83. The molecule has 3 rings (SSSR count). The number of benzene rings is 2. The minimum absolute atomic E-state index is 0.119. The van der Waals surface area contributed by atoms with Gasteiger partial charge in [-0.05, 0) is 29.8 Å². The normalized spacial score (nSPS) is 17.5.